The van der Waals surface area contributed by atoms with Crippen LogP contribution in [0.5, 0.6) is 0 Å². The smallest absolute Gasteiger partial charge is 0.147 e. The highest BCUT2D eigenvalue weighted by molar-refractivity contribution is 9.10. The van der Waals surface area contributed by atoms with Gasteiger partial charge >= 0.3 is 0 Å². The molecule has 3 nitrogen and oxygen atoms in total. The maximum Gasteiger partial charge on any atom is 0.147 e. The van der Waals surface area contributed by atoms with E-state index in [1.165, 1.54) is 0 Å². The number of aromatic nitrogens is 2. The van der Waals surface area contributed by atoms with E-state index in [1.54, 1.807) is 11.8 Å². The summed E-state index contributed by atoms with van der Waals surface area (Å²) in [5.74, 6) is 1.72. The summed E-state index contributed by atoms with van der Waals surface area (Å²) in [5, 5.41) is 0. The molecule has 1 atom stereocenters. The Kier molecular flexibility index (Phi) is 1.47. The first-order valence-electron chi connectivity index (χ1n) is 4.26. The van der Waals surface area contributed by atoms with E-state index in [1.807, 2.05) is 6.20 Å². The van der Waals surface area contributed by atoms with Gasteiger partial charge in [-0.05, 0) is 21.5 Å². The molecule has 2 aliphatic rings. The summed E-state index contributed by atoms with van der Waals surface area (Å²) >= 11 is 3.27. The molecular weight excluding hydrogens is 230 g/mol. The van der Waals surface area contributed by atoms with Gasteiger partial charge in [-0.3, -0.25) is 0 Å². The molecule has 13 heavy (non-hydrogen) atoms. The highest BCUT2D eigenvalue weighted by atomic mass is 79.9. The van der Waals surface area contributed by atoms with E-state index in [9.17, 15) is 0 Å². The number of hydrogen-bond acceptors (Lipinski definition) is 3. The number of hydrogen-bond donors (Lipinski definition) is 0. The largest absolute Gasteiger partial charge is 0.350 e. The Morgan fingerprint density at radius 2 is 2.31 bits per heavy atom. The van der Waals surface area contributed by atoms with Gasteiger partial charge in [0.25, 0.3) is 0 Å². The number of fused-ring (bicyclic) bond motifs is 1. The summed E-state index contributed by atoms with van der Waals surface area (Å²) in [7, 11) is 0. The molecule has 1 aromatic heterocycles. The van der Waals surface area contributed by atoms with E-state index in [0.717, 1.165) is 29.4 Å². The lowest BCUT2D eigenvalue weighted by molar-refractivity contribution is 0.864. The van der Waals surface area contributed by atoms with Crippen molar-refractivity contribution in [3.63, 3.8) is 0 Å². The summed E-state index contributed by atoms with van der Waals surface area (Å²) in [6.45, 7) is 2.13. The van der Waals surface area contributed by atoms with Crippen molar-refractivity contribution >= 4 is 21.7 Å². The summed E-state index contributed by atoms with van der Waals surface area (Å²) in [5.41, 5.74) is 1.56. The topological polar surface area (TPSA) is 29.0 Å². The minimum atomic E-state index is 0.741. The molecule has 1 aliphatic carbocycles. The monoisotopic (exact) mass is 237 g/mol. The average molecular weight is 238 g/mol. The second-order valence-corrected chi connectivity index (χ2v) is 4.24. The molecule has 0 aromatic carbocycles. The van der Waals surface area contributed by atoms with Gasteiger partial charge in [-0.2, -0.15) is 0 Å². The van der Waals surface area contributed by atoms with Crippen molar-refractivity contribution in [2.75, 3.05) is 18.0 Å². The van der Waals surface area contributed by atoms with Gasteiger partial charge in [0.2, 0.25) is 0 Å². The molecule has 0 saturated carbocycles. The van der Waals surface area contributed by atoms with Gasteiger partial charge < -0.3 is 4.90 Å². The Hall–Kier alpha value is -0.900. The summed E-state index contributed by atoms with van der Waals surface area (Å²) in [6, 6.07) is 0. The summed E-state index contributed by atoms with van der Waals surface area (Å²) in [4.78, 5) is 10.7. The molecule has 1 aliphatic heterocycles. The Balaban J connectivity index is 1.84. The van der Waals surface area contributed by atoms with Crippen molar-refractivity contribution in [2.24, 2.45) is 5.92 Å². The minimum Gasteiger partial charge on any atom is -0.350 e. The fourth-order valence-corrected chi connectivity index (χ4v) is 1.92. The third kappa shape index (κ3) is 1.25. The van der Waals surface area contributed by atoms with E-state index in [4.69, 9.17) is 0 Å². The second-order valence-electron chi connectivity index (χ2n) is 3.43. The van der Waals surface area contributed by atoms with Gasteiger partial charge in [0.05, 0.1) is 12.4 Å². The molecule has 0 N–H and O–H groups in total. The maximum absolute atomic E-state index is 4.30. The normalized spacial score (nSPS) is 24.2. The van der Waals surface area contributed by atoms with Gasteiger partial charge in [0.15, 0.2) is 0 Å². The van der Waals surface area contributed by atoms with Gasteiger partial charge in [-0.25, -0.2) is 9.97 Å². The third-order valence-electron chi connectivity index (χ3n) is 2.50. The molecule has 1 saturated heterocycles. The van der Waals surface area contributed by atoms with Crippen molar-refractivity contribution in [1.29, 1.82) is 0 Å². The number of halogens is 1. The highest BCUT2D eigenvalue weighted by Crippen LogP contribution is 2.37. The minimum absolute atomic E-state index is 0.741. The molecular formula is C9H8BrN3. The first-order valence-corrected chi connectivity index (χ1v) is 5.05. The van der Waals surface area contributed by atoms with Crippen LogP contribution in [0.4, 0.5) is 5.82 Å². The fraction of sp³-hybridized carbons (Fsp3) is 0.333. The Morgan fingerprint density at radius 1 is 1.38 bits per heavy atom. The molecule has 3 rings (SSSR count). The Morgan fingerprint density at radius 3 is 2.92 bits per heavy atom. The lowest BCUT2D eigenvalue weighted by atomic mass is 10.4. The molecule has 0 bridgehead atoms. The SMILES string of the molecule is Brc1cnc(N2CC3=CC3C2)cn1. The predicted molar refractivity (Wildman–Crippen MR) is 53.5 cm³/mol. The van der Waals surface area contributed by atoms with Crippen molar-refractivity contribution in [1.82, 2.24) is 9.97 Å². The molecule has 4 heteroatoms. The highest BCUT2D eigenvalue weighted by Gasteiger charge is 2.35. The molecule has 1 unspecified atom stereocenters. The first kappa shape index (κ1) is 7.50. The van der Waals surface area contributed by atoms with Gasteiger partial charge in [0.1, 0.15) is 10.4 Å². The molecule has 66 valence electrons. The zero-order chi connectivity index (χ0) is 8.84. The third-order valence-corrected chi connectivity index (χ3v) is 2.91. The standard InChI is InChI=1S/C9H8BrN3/c10-8-2-12-9(3-11-8)13-4-6-1-7(6)5-13/h1-3,6H,4-5H2. The predicted octanol–water partition coefficient (Wildman–Crippen LogP) is 1.62. The van der Waals surface area contributed by atoms with Crippen molar-refractivity contribution in [2.45, 2.75) is 0 Å². The summed E-state index contributed by atoms with van der Waals surface area (Å²) < 4.78 is 0.792. The molecule has 0 amide bonds. The molecule has 2 heterocycles. The van der Waals surface area contributed by atoms with E-state index in [0.29, 0.717) is 0 Å². The van der Waals surface area contributed by atoms with Crippen molar-refractivity contribution in [3.8, 4) is 0 Å². The first-order chi connectivity index (χ1) is 6.33. The van der Waals surface area contributed by atoms with Crippen LogP contribution in [-0.4, -0.2) is 23.1 Å². The fourth-order valence-electron chi connectivity index (χ4n) is 1.72. The van der Waals surface area contributed by atoms with Crippen LogP contribution in [0.15, 0.2) is 28.6 Å². The van der Waals surface area contributed by atoms with Crippen LogP contribution in [-0.2, 0) is 0 Å². The van der Waals surface area contributed by atoms with Crippen LogP contribution in [0.1, 0.15) is 0 Å². The number of rotatable bonds is 1. The number of nitrogens with zero attached hydrogens (tertiary/aromatic N) is 3. The van der Waals surface area contributed by atoms with Crippen LogP contribution in [0.2, 0.25) is 0 Å². The van der Waals surface area contributed by atoms with Crippen LogP contribution in [0.25, 0.3) is 0 Å². The van der Waals surface area contributed by atoms with Gasteiger partial charge in [0, 0.05) is 19.0 Å². The van der Waals surface area contributed by atoms with Crippen molar-refractivity contribution in [3.05, 3.63) is 28.6 Å². The summed E-state index contributed by atoms with van der Waals surface area (Å²) in [6.07, 6.45) is 5.88. The Bertz CT molecular complexity index is 371. The molecule has 0 spiro atoms. The lowest BCUT2D eigenvalue weighted by Gasteiger charge is -2.16. The zero-order valence-electron chi connectivity index (χ0n) is 6.94. The maximum atomic E-state index is 4.30. The zero-order valence-corrected chi connectivity index (χ0v) is 8.53. The van der Waals surface area contributed by atoms with Crippen molar-refractivity contribution < 1.29 is 0 Å². The number of anilines is 1. The average Bonchev–Trinajstić information content (AvgIpc) is 2.75. The van der Waals surface area contributed by atoms with Gasteiger partial charge in [-0.15, -0.1) is 0 Å². The lowest BCUT2D eigenvalue weighted by Crippen LogP contribution is -2.21. The second kappa shape index (κ2) is 2.54. The van der Waals surface area contributed by atoms with E-state index in [2.05, 4.69) is 36.9 Å². The van der Waals surface area contributed by atoms with E-state index < -0.39 is 0 Å². The quantitative estimate of drug-likeness (QED) is 0.696. The molecule has 1 aromatic rings. The van der Waals surface area contributed by atoms with Crippen LogP contribution in [0, 0.1) is 5.92 Å². The molecule has 0 radical (unpaired) electrons. The Labute approximate surface area is 84.6 Å². The van der Waals surface area contributed by atoms with E-state index >= 15 is 0 Å². The van der Waals surface area contributed by atoms with Gasteiger partial charge in [-0.1, -0.05) is 6.08 Å². The van der Waals surface area contributed by atoms with Crippen LogP contribution >= 0.6 is 15.9 Å². The van der Waals surface area contributed by atoms with E-state index in [-0.39, 0.29) is 0 Å². The molecule has 1 fully saturated rings. The van der Waals surface area contributed by atoms with Crippen LogP contribution < -0.4 is 4.90 Å². The van der Waals surface area contributed by atoms with Crippen LogP contribution in [0.3, 0.4) is 0 Å².